The third-order valence-corrected chi connectivity index (χ3v) is 3.30. The summed E-state index contributed by atoms with van der Waals surface area (Å²) in [7, 11) is 4.00. The first-order valence-electron chi connectivity index (χ1n) is 7.32. The van der Waals surface area contributed by atoms with Gasteiger partial charge in [0.05, 0.1) is 5.92 Å². The van der Waals surface area contributed by atoms with Crippen LogP contribution in [-0.4, -0.2) is 44.6 Å². The first kappa shape index (κ1) is 17.5. The van der Waals surface area contributed by atoms with Crippen molar-refractivity contribution < 1.29 is 9.53 Å². The minimum absolute atomic E-state index is 0.0436. The lowest BCUT2D eigenvalue weighted by molar-refractivity contribution is -0.120. The molecule has 1 aromatic carbocycles. The molecule has 21 heavy (non-hydrogen) atoms. The Morgan fingerprint density at radius 2 is 2.10 bits per heavy atom. The molecular formula is C16H27N3O2. The summed E-state index contributed by atoms with van der Waals surface area (Å²) in [6, 6.07) is 7.44. The summed E-state index contributed by atoms with van der Waals surface area (Å²) in [5, 5.41) is 2.90. The maximum Gasteiger partial charge on any atom is 0.229 e. The van der Waals surface area contributed by atoms with E-state index in [2.05, 4.69) is 10.2 Å². The van der Waals surface area contributed by atoms with Crippen LogP contribution in [0.15, 0.2) is 24.3 Å². The van der Waals surface area contributed by atoms with Crippen molar-refractivity contribution in [2.75, 3.05) is 39.1 Å². The van der Waals surface area contributed by atoms with Crippen LogP contribution in [0.3, 0.4) is 0 Å². The number of anilines is 1. The SMILES string of the molecule is CC(C)C(CN)C(=O)Nc1cccc(OCCN(C)C)c1. The average molecular weight is 293 g/mol. The van der Waals surface area contributed by atoms with E-state index in [9.17, 15) is 4.79 Å². The molecule has 0 saturated heterocycles. The van der Waals surface area contributed by atoms with E-state index in [1.54, 1.807) is 0 Å². The first-order chi connectivity index (χ1) is 9.93. The van der Waals surface area contributed by atoms with E-state index in [4.69, 9.17) is 10.5 Å². The van der Waals surface area contributed by atoms with Gasteiger partial charge in [0.1, 0.15) is 12.4 Å². The van der Waals surface area contributed by atoms with Crippen molar-refractivity contribution in [1.29, 1.82) is 0 Å². The Morgan fingerprint density at radius 1 is 1.38 bits per heavy atom. The number of hydrogen-bond donors (Lipinski definition) is 2. The molecule has 5 nitrogen and oxygen atoms in total. The van der Waals surface area contributed by atoms with Gasteiger partial charge in [-0.3, -0.25) is 4.79 Å². The second-order valence-corrected chi connectivity index (χ2v) is 5.76. The van der Waals surface area contributed by atoms with Crippen LogP contribution in [0.2, 0.25) is 0 Å². The van der Waals surface area contributed by atoms with Gasteiger partial charge in [0, 0.05) is 24.8 Å². The summed E-state index contributed by atoms with van der Waals surface area (Å²) in [5.41, 5.74) is 6.40. The molecule has 0 fully saturated rings. The Kier molecular flexibility index (Phi) is 7.19. The number of carbonyl (C=O) groups excluding carboxylic acids is 1. The van der Waals surface area contributed by atoms with Gasteiger partial charge in [-0.15, -0.1) is 0 Å². The molecule has 1 rings (SSSR count). The summed E-state index contributed by atoms with van der Waals surface area (Å²) < 4.78 is 5.66. The summed E-state index contributed by atoms with van der Waals surface area (Å²) in [5.74, 6) is 0.749. The highest BCUT2D eigenvalue weighted by molar-refractivity contribution is 5.93. The standard InChI is InChI=1S/C16H27N3O2/c1-12(2)15(11-17)16(20)18-13-6-5-7-14(10-13)21-9-8-19(3)4/h5-7,10,12,15H,8-9,11,17H2,1-4H3,(H,18,20). The highest BCUT2D eigenvalue weighted by Gasteiger charge is 2.20. The highest BCUT2D eigenvalue weighted by atomic mass is 16.5. The third kappa shape index (κ3) is 6.14. The molecule has 0 aliphatic rings. The summed E-state index contributed by atoms with van der Waals surface area (Å²) in [4.78, 5) is 14.2. The number of ether oxygens (including phenoxy) is 1. The molecule has 0 bridgehead atoms. The van der Waals surface area contributed by atoms with E-state index in [0.29, 0.717) is 13.2 Å². The number of rotatable bonds is 8. The highest BCUT2D eigenvalue weighted by Crippen LogP contribution is 2.19. The fourth-order valence-corrected chi connectivity index (χ4v) is 1.93. The van der Waals surface area contributed by atoms with E-state index in [0.717, 1.165) is 18.0 Å². The fraction of sp³-hybridized carbons (Fsp3) is 0.562. The number of hydrogen-bond acceptors (Lipinski definition) is 4. The lowest BCUT2D eigenvalue weighted by atomic mass is 9.95. The van der Waals surface area contributed by atoms with Crippen LogP contribution in [0.25, 0.3) is 0 Å². The van der Waals surface area contributed by atoms with Crippen molar-refractivity contribution in [2.24, 2.45) is 17.6 Å². The van der Waals surface area contributed by atoms with Crippen LogP contribution in [-0.2, 0) is 4.79 Å². The first-order valence-corrected chi connectivity index (χ1v) is 7.32. The predicted molar refractivity (Wildman–Crippen MR) is 86.5 cm³/mol. The Labute approximate surface area is 127 Å². The van der Waals surface area contributed by atoms with E-state index >= 15 is 0 Å². The topological polar surface area (TPSA) is 67.6 Å². The molecule has 1 aromatic rings. The number of nitrogens with two attached hydrogens (primary N) is 1. The molecule has 0 aromatic heterocycles. The largest absolute Gasteiger partial charge is 0.492 e. The van der Waals surface area contributed by atoms with Crippen molar-refractivity contribution in [1.82, 2.24) is 4.90 Å². The minimum Gasteiger partial charge on any atom is -0.492 e. The van der Waals surface area contributed by atoms with Crippen molar-refractivity contribution in [2.45, 2.75) is 13.8 Å². The van der Waals surface area contributed by atoms with Crippen LogP contribution in [0, 0.1) is 11.8 Å². The number of likely N-dealkylation sites (N-methyl/N-ethyl adjacent to an activating group) is 1. The van der Waals surface area contributed by atoms with Crippen molar-refractivity contribution in [3.63, 3.8) is 0 Å². The van der Waals surface area contributed by atoms with Gasteiger partial charge in [0.25, 0.3) is 0 Å². The molecule has 5 heteroatoms. The molecular weight excluding hydrogens is 266 g/mol. The van der Waals surface area contributed by atoms with Crippen LogP contribution in [0.4, 0.5) is 5.69 Å². The van der Waals surface area contributed by atoms with Gasteiger partial charge < -0.3 is 20.7 Å². The van der Waals surface area contributed by atoms with Gasteiger partial charge in [-0.05, 0) is 32.1 Å². The van der Waals surface area contributed by atoms with Crippen LogP contribution < -0.4 is 15.8 Å². The van der Waals surface area contributed by atoms with Crippen molar-refractivity contribution >= 4 is 11.6 Å². The van der Waals surface area contributed by atoms with Crippen molar-refractivity contribution in [3.8, 4) is 5.75 Å². The maximum absolute atomic E-state index is 12.2. The number of benzene rings is 1. The van der Waals surface area contributed by atoms with Gasteiger partial charge in [0.2, 0.25) is 5.91 Å². The number of amides is 1. The summed E-state index contributed by atoms with van der Waals surface area (Å²) in [6.45, 7) is 5.80. The zero-order valence-corrected chi connectivity index (χ0v) is 13.4. The maximum atomic E-state index is 12.2. The number of nitrogens with one attached hydrogen (secondary N) is 1. The third-order valence-electron chi connectivity index (χ3n) is 3.30. The Morgan fingerprint density at radius 3 is 2.67 bits per heavy atom. The van der Waals surface area contributed by atoms with E-state index in [-0.39, 0.29) is 17.7 Å². The van der Waals surface area contributed by atoms with Crippen LogP contribution in [0.1, 0.15) is 13.8 Å². The quantitative estimate of drug-likeness (QED) is 0.767. The Hall–Kier alpha value is -1.59. The predicted octanol–water partition coefficient (Wildman–Crippen LogP) is 1.80. The van der Waals surface area contributed by atoms with Crippen molar-refractivity contribution in [3.05, 3.63) is 24.3 Å². The molecule has 118 valence electrons. The molecule has 0 aliphatic carbocycles. The van der Waals surface area contributed by atoms with E-state index < -0.39 is 0 Å². The summed E-state index contributed by atoms with van der Waals surface area (Å²) >= 11 is 0. The van der Waals surface area contributed by atoms with Gasteiger partial charge in [-0.25, -0.2) is 0 Å². The molecule has 1 amide bonds. The van der Waals surface area contributed by atoms with Crippen LogP contribution in [0.5, 0.6) is 5.75 Å². The molecule has 0 heterocycles. The van der Waals surface area contributed by atoms with Gasteiger partial charge >= 0.3 is 0 Å². The monoisotopic (exact) mass is 293 g/mol. The number of carbonyl (C=O) groups is 1. The Bertz CT molecular complexity index is 447. The fourth-order valence-electron chi connectivity index (χ4n) is 1.93. The smallest absolute Gasteiger partial charge is 0.229 e. The average Bonchev–Trinajstić information content (AvgIpc) is 2.39. The lowest BCUT2D eigenvalue weighted by Crippen LogP contribution is -2.33. The molecule has 0 saturated carbocycles. The van der Waals surface area contributed by atoms with Gasteiger partial charge in [-0.2, -0.15) is 0 Å². The second-order valence-electron chi connectivity index (χ2n) is 5.76. The number of nitrogens with zero attached hydrogens (tertiary/aromatic N) is 1. The molecule has 0 aliphatic heterocycles. The van der Waals surface area contributed by atoms with E-state index in [1.165, 1.54) is 0 Å². The zero-order chi connectivity index (χ0) is 15.8. The Balaban J connectivity index is 2.61. The molecule has 0 spiro atoms. The summed E-state index contributed by atoms with van der Waals surface area (Å²) in [6.07, 6.45) is 0. The van der Waals surface area contributed by atoms with Gasteiger partial charge in [-0.1, -0.05) is 19.9 Å². The molecule has 3 N–H and O–H groups in total. The second kappa shape index (κ2) is 8.64. The molecule has 1 unspecified atom stereocenters. The zero-order valence-electron chi connectivity index (χ0n) is 13.4. The minimum atomic E-state index is -0.177. The normalized spacial score (nSPS) is 12.5. The van der Waals surface area contributed by atoms with Crippen LogP contribution >= 0.6 is 0 Å². The van der Waals surface area contributed by atoms with E-state index in [1.807, 2.05) is 52.2 Å². The lowest BCUT2D eigenvalue weighted by Gasteiger charge is -2.18. The molecule has 0 radical (unpaired) electrons. The van der Waals surface area contributed by atoms with Gasteiger partial charge in [0.15, 0.2) is 0 Å². The molecule has 1 atom stereocenters.